The second-order valence-corrected chi connectivity index (χ2v) is 10.1. The number of carbonyl (C=O) groups is 1. The predicted octanol–water partition coefficient (Wildman–Crippen LogP) is 2.71. The van der Waals surface area contributed by atoms with Crippen LogP contribution < -0.4 is 21.7 Å². The molecule has 1 aliphatic rings. The molecule has 1 amide bonds. The number of rotatable bonds is 9. The van der Waals surface area contributed by atoms with Crippen molar-refractivity contribution < 1.29 is 27.2 Å². The quantitative estimate of drug-likeness (QED) is 0.206. The molecule has 1 unspecified atom stereocenters. The molecule has 7 N–H and O–H groups in total. The van der Waals surface area contributed by atoms with Crippen molar-refractivity contribution in [3.8, 4) is 11.1 Å². The van der Waals surface area contributed by atoms with E-state index in [1.165, 1.54) is 37.4 Å². The predicted molar refractivity (Wildman–Crippen MR) is 141 cm³/mol. The molecule has 1 atom stereocenters. The van der Waals surface area contributed by atoms with Gasteiger partial charge in [0, 0.05) is 36.8 Å². The summed E-state index contributed by atoms with van der Waals surface area (Å²) < 4.78 is 44.2. The number of sulfonamides is 1. The summed E-state index contributed by atoms with van der Waals surface area (Å²) in [6.45, 7) is 0.165. The molecule has 4 rings (SSSR count). The summed E-state index contributed by atoms with van der Waals surface area (Å²) in [6.07, 6.45) is 1.68. The number of methoxy groups -OCH3 is 1. The summed E-state index contributed by atoms with van der Waals surface area (Å²) in [7, 11) is -2.56. The lowest BCUT2D eigenvalue weighted by atomic mass is 9.96. The third kappa shape index (κ3) is 5.58. The van der Waals surface area contributed by atoms with Crippen LogP contribution in [0.1, 0.15) is 17.5 Å². The minimum absolute atomic E-state index is 0.111. The topological polar surface area (TPSA) is 170 Å². The molecule has 3 aromatic carbocycles. The first-order valence-corrected chi connectivity index (χ1v) is 12.9. The highest BCUT2D eigenvalue weighted by Gasteiger charge is 2.43. The second kappa shape index (κ2) is 10.7. The van der Waals surface area contributed by atoms with Crippen LogP contribution >= 0.6 is 0 Å². The van der Waals surface area contributed by atoms with Crippen LogP contribution in [0.5, 0.6) is 0 Å². The van der Waals surface area contributed by atoms with Crippen molar-refractivity contribution >= 4 is 33.2 Å². The molecule has 0 radical (unpaired) electrons. The zero-order chi connectivity index (χ0) is 27.5. The lowest BCUT2D eigenvalue weighted by Gasteiger charge is -2.24. The number of amides is 1. The van der Waals surface area contributed by atoms with E-state index in [0.717, 1.165) is 6.07 Å². The van der Waals surface area contributed by atoms with E-state index in [-0.39, 0.29) is 40.6 Å². The van der Waals surface area contributed by atoms with Gasteiger partial charge in [0.15, 0.2) is 5.60 Å². The van der Waals surface area contributed by atoms with Crippen molar-refractivity contribution in [2.45, 2.75) is 16.9 Å². The summed E-state index contributed by atoms with van der Waals surface area (Å²) in [5, 5.41) is 15.5. The normalized spacial score (nSPS) is 17.0. The zero-order valence-electron chi connectivity index (χ0n) is 20.3. The van der Waals surface area contributed by atoms with Crippen LogP contribution in [0.4, 0.5) is 10.1 Å². The molecule has 10 nitrogen and oxygen atoms in total. The number of anilines is 1. The molecule has 0 aliphatic carbocycles. The fourth-order valence-corrected chi connectivity index (χ4v) is 4.76. The average molecular weight is 540 g/mol. The van der Waals surface area contributed by atoms with E-state index in [0.29, 0.717) is 16.8 Å². The Hall–Kier alpha value is -4.10. The van der Waals surface area contributed by atoms with Crippen LogP contribution in [0, 0.1) is 11.2 Å². The molecule has 0 spiro atoms. The van der Waals surface area contributed by atoms with E-state index in [2.05, 4.69) is 10.8 Å². The fourth-order valence-electron chi connectivity index (χ4n) is 4.00. The van der Waals surface area contributed by atoms with E-state index in [4.69, 9.17) is 25.9 Å². The number of nitrogens with two attached hydrogens (primary N) is 2. The molecule has 0 aromatic heterocycles. The Labute approximate surface area is 219 Å². The maximum atomic E-state index is 15.1. The molecule has 1 aliphatic heterocycles. The Balaban J connectivity index is 1.63. The number of primary sulfonamides is 1. The smallest absolute Gasteiger partial charge is 0.263 e. The van der Waals surface area contributed by atoms with Gasteiger partial charge >= 0.3 is 0 Å². The van der Waals surface area contributed by atoms with E-state index >= 15 is 4.39 Å². The van der Waals surface area contributed by atoms with Crippen molar-refractivity contribution in [1.82, 2.24) is 5.48 Å². The molecular weight excluding hydrogens is 513 g/mol. The first kappa shape index (κ1) is 26.9. The molecule has 12 heteroatoms. The van der Waals surface area contributed by atoms with Crippen LogP contribution in [0.15, 0.2) is 77.7 Å². The van der Waals surface area contributed by atoms with Gasteiger partial charge in [0.05, 0.1) is 16.3 Å². The van der Waals surface area contributed by atoms with Gasteiger partial charge in [0.1, 0.15) is 11.7 Å². The van der Waals surface area contributed by atoms with E-state index in [9.17, 15) is 13.2 Å². The molecule has 0 bridgehead atoms. The van der Waals surface area contributed by atoms with Gasteiger partial charge in [0.25, 0.3) is 5.91 Å². The Kier molecular flexibility index (Phi) is 7.60. The SMILES string of the molecule is COCCC1(C(=O)Nc2ccc(-c3ccccc3S(N)(=O)=O)cc2F)C=C(c2cccc(C(=N)N)c2)NO1. The number of nitrogen functional groups attached to an aromatic ring is 1. The monoisotopic (exact) mass is 539 g/mol. The molecule has 0 saturated heterocycles. The standard InChI is InChI=1S/C26H26FN5O5S/c1-36-12-11-26(15-22(32-37-26)17-5-4-6-18(13-17)24(28)29)25(33)31-21-10-9-16(14-20(21)27)19-7-2-3-8-23(19)38(30,34)35/h2-10,13-15,32H,11-12H2,1H3,(H3,28,29)(H,31,33)(H2,30,34,35). The number of carbonyl (C=O) groups excluding carboxylic acids is 1. The summed E-state index contributed by atoms with van der Waals surface area (Å²) in [4.78, 5) is 19.0. The molecule has 3 aromatic rings. The van der Waals surface area contributed by atoms with Gasteiger partial charge in [-0.25, -0.2) is 17.9 Å². The van der Waals surface area contributed by atoms with Crippen molar-refractivity contribution in [3.63, 3.8) is 0 Å². The Morgan fingerprint density at radius 2 is 1.89 bits per heavy atom. The molecule has 198 valence electrons. The average Bonchev–Trinajstić information content (AvgIpc) is 3.34. The summed E-state index contributed by atoms with van der Waals surface area (Å²) >= 11 is 0. The number of benzene rings is 3. The summed E-state index contributed by atoms with van der Waals surface area (Å²) in [6, 6.07) is 16.7. The van der Waals surface area contributed by atoms with E-state index in [1.807, 2.05) is 0 Å². The lowest BCUT2D eigenvalue weighted by molar-refractivity contribution is -0.140. The molecule has 0 saturated carbocycles. The van der Waals surface area contributed by atoms with Crippen molar-refractivity contribution in [3.05, 3.63) is 89.8 Å². The van der Waals surface area contributed by atoms with Crippen molar-refractivity contribution in [2.75, 3.05) is 19.0 Å². The highest BCUT2D eigenvalue weighted by molar-refractivity contribution is 7.89. The highest BCUT2D eigenvalue weighted by Crippen LogP contribution is 2.33. The number of ether oxygens (including phenoxy) is 1. The lowest BCUT2D eigenvalue weighted by Crippen LogP contribution is -2.44. The van der Waals surface area contributed by atoms with E-state index in [1.54, 1.807) is 36.4 Å². The Bertz CT molecular complexity index is 1540. The van der Waals surface area contributed by atoms with Crippen LogP contribution in [-0.4, -0.2) is 39.5 Å². The third-order valence-corrected chi connectivity index (χ3v) is 6.96. The minimum Gasteiger partial charge on any atom is -0.385 e. The number of hydrogen-bond acceptors (Lipinski definition) is 7. The van der Waals surface area contributed by atoms with Crippen LogP contribution in [0.2, 0.25) is 0 Å². The van der Waals surface area contributed by atoms with Gasteiger partial charge in [-0.05, 0) is 35.9 Å². The minimum atomic E-state index is -4.04. The Morgan fingerprint density at radius 1 is 1.13 bits per heavy atom. The molecule has 38 heavy (non-hydrogen) atoms. The Morgan fingerprint density at radius 3 is 2.58 bits per heavy atom. The van der Waals surface area contributed by atoms with Crippen LogP contribution in [-0.2, 0) is 24.4 Å². The zero-order valence-corrected chi connectivity index (χ0v) is 21.1. The van der Waals surface area contributed by atoms with Gasteiger partial charge in [0.2, 0.25) is 10.0 Å². The first-order valence-electron chi connectivity index (χ1n) is 11.4. The third-order valence-electron chi connectivity index (χ3n) is 5.99. The van der Waals surface area contributed by atoms with Gasteiger partial charge in [-0.1, -0.05) is 42.5 Å². The number of hydroxylamine groups is 1. The second-order valence-electron chi connectivity index (χ2n) is 8.58. The van der Waals surface area contributed by atoms with Crippen molar-refractivity contribution in [1.29, 1.82) is 5.41 Å². The van der Waals surface area contributed by atoms with Gasteiger partial charge in [-0.2, -0.15) is 0 Å². The first-order chi connectivity index (χ1) is 18.0. The largest absolute Gasteiger partial charge is 0.385 e. The van der Waals surface area contributed by atoms with Crippen LogP contribution in [0.25, 0.3) is 16.8 Å². The number of nitrogens with one attached hydrogen (secondary N) is 3. The van der Waals surface area contributed by atoms with Crippen molar-refractivity contribution in [2.24, 2.45) is 10.9 Å². The molecular formula is C26H26FN5O5S. The molecule has 0 fully saturated rings. The van der Waals surface area contributed by atoms with E-state index < -0.39 is 27.3 Å². The molecule has 1 heterocycles. The van der Waals surface area contributed by atoms with Gasteiger partial charge in [-0.3, -0.25) is 20.5 Å². The number of amidine groups is 1. The number of hydrogen-bond donors (Lipinski definition) is 5. The maximum absolute atomic E-state index is 15.1. The maximum Gasteiger partial charge on any atom is 0.263 e. The highest BCUT2D eigenvalue weighted by atomic mass is 32.2. The van der Waals surface area contributed by atoms with Gasteiger partial charge in [-0.15, -0.1) is 0 Å². The fraction of sp³-hybridized carbons (Fsp3) is 0.154. The summed E-state index contributed by atoms with van der Waals surface area (Å²) in [5.74, 6) is -1.55. The van der Waals surface area contributed by atoms with Crippen LogP contribution in [0.3, 0.4) is 0 Å². The number of halogens is 1. The summed E-state index contributed by atoms with van der Waals surface area (Å²) in [5.41, 5.74) is 8.75. The van der Waals surface area contributed by atoms with Gasteiger partial charge < -0.3 is 15.8 Å².